The third-order valence-electron chi connectivity index (χ3n) is 2.22. The second-order valence-electron chi connectivity index (χ2n) is 3.35. The highest BCUT2D eigenvalue weighted by Crippen LogP contribution is 2.27. The van der Waals surface area contributed by atoms with Crippen LogP contribution in [0, 0.1) is 13.8 Å². The van der Waals surface area contributed by atoms with Crippen LogP contribution in [0.4, 0.5) is 0 Å². The Morgan fingerprint density at radius 3 is 2.69 bits per heavy atom. The predicted molar refractivity (Wildman–Crippen MR) is 57.9 cm³/mol. The number of hydrogen-bond acceptors (Lipinski definition) is 1. The molecule has 0 saturated carbocycles. The summed E-state index contributed by atoms with van der Waals surface area (Å²) in [6, 6.07) is 4.28. The van der Waals surface area contributed by atoms with Crippen molar-refractivity contribution in [2.24, 2.45) is 7.05 Å². The Morgan fingerprint density at radius 2 is 2.00 bits per heavy atom. The van der Waals surface area contributed by atoms with Crippen molar-refractivity contribution >= 4 is 26.8 Å². The lowest BCUT2D eigenvalue weighted by atomic mass is 10.1. The topological polar surface area (TPSA) is 17.8 Å². The maximum Gasteiger partial charge on any atom is 0.0824 e. The van der Waals surface area contributed by atoms with Crippen molar-refractivity contribution in [3.63, 3.8) is 0 Å². The summed E-state index contributed by atoms with van der Waals surface area (Å²) >= 11 is 3.55. The molecule has 2 aromatic rings. The SMILES string of the molecule is Cc1cc(Br)c2c(c1)c(C)nn2C. The minimum absolute atomic E-state index is 1.09. The first-order valence-electron chi connectivity index (χ1n) is 4.19. The molecule has 0 saturated heterocycles. The van der Waals surface area contributed by atoms with Crippen LogP contribution in [0.15, 0.2) is 16.6 Å². The van der Waals surface area contributed by atoms with Gasteiger partial charge in [0.1, 0.15) is 0 Å². The van der Waals surface area contributed by atoms with Crippen LogP contribution in [0.5, 0.6) is 0 Å². The average molecular weight is 239 g/mol. The van der Waals surface area contributed by atoms with E-state index in [4.69, 9.17) is 0 Å². The minimum Gasteiger partial charge on any atom is -0.267 e. The van der Waals surface area contributed by atoms with Gasteiger partial charge in [0.25, 0.3) is 0 Å². The smallest absolute Gasteiger partial charge is 0.0824 e. The molecular weight excluding hydrogens is 228 g/mol. The molecule has 1 aromatic carbocycles. The summed E-state index contributed by atoms with van der Waals surface area (Å²) in [6.45, 7) is 4.13. The van der Waals surface area contributed by atoms with Crippen LogP contribution in [-0.2, 0) is 7.05 Å². The summed E-state index contributed by atoms with van der Waals surface area (Å²) < 4.78 is 3.03. The molecule has 0 aliphatic carbocycles. The first kappa shape index (κ1) is 8.75. The van der Waals surface area contributed by atoms with Crippen LogP contribution >= 0.6 is 15.9 Å². The zero-order valence-corrected chi connectivity index (χ0v) is 9.51. The molecule has 68 valence electrons. The fourth-order valence-electron chi connectivity index (χ4n) is 1.67. The van der Waals surface area contributed by atoms with Crippen molar-refractivity contribution in [3.8, 4) is 0 Å². The van der Waals surface area contributed by atoms with E-state index >= 15 is 0 Å². The van der Waals surface area contributed by atoms with Gasteiger partial charge in [0.05, 0.1) is 11.2 Å². The quantitative estimate of drug-likeness (QED) is 0.691. The van der Waals surface area contributed by atoms with Crippen molar-refractivity contribution in [1.29, 1.82) is 0 Å². The predicted octanol–water partition coefficient (Wildman–Crippen LogP) is 2.95. The maximum absolute atomic E-state index is 4.38. The fourth-order valence-corrected chi connectivity index (χ4v) is 2.50. The third kappa shape index (κ3) is 1.27. The molecule has 0 radical (unpaired) electrons. The molecule has 0 unspecified atom stereocenters. The van der Waals surface area contributed by atoms with Crippen LogP contribution < -0.4 is 0 Å². The van der Waals surface area contributed by atoms with E-state index in [0.29, 0.717) is 0 Å². The molecule has 0 bridgehead atoms. The Kier molecular flexibility index (Phi) is 1.91. The third-order valence-corrected chi connectivity index (χ3v) is 2.83. The van der Waals surface area contributed by atoms with E-state index in [0.717, 1.165) is 10.2 Å². The van der Waals surface area contributed by atoms with Gasteiger partial charge in [-0.2, -0.15) is 5.10 Å². The second kappa shape index (κ2) is 2.84. The molecule has 0 aliphatic heterocycles. The highest BCUT2D eigenvalue weighted by atomic mass is 79.9. The molecule has 3 heteroatoms. The number of hydrogen-bond donors (Lipinski definition) is 0. The van der Waals surface area contributed by atoms with Gasteiger partial charge < -0.3 is 0 Å². The van der Waals surface area contributed by atoms with Crippen LogP contribution in [0.1, 0.15) is 11.3 Å². The number of rotatable bonds is 0. The molecule has 13 heavy (non-hydrogen) atoms. The average Bonchev–Trinajstić information content (AvgIpc) is 2.27. The molecule has 0 spiro atoms. The standard InChI is InChI=1S/C10H11BrN2/c1-6-4-8-7(2)12-13(3)10(8)9(11)5-6/h4-5H,1-3H3. The first-order valence-corrected chi connectivity index (χ1v) is 4.98. The zero-order chi connectivity index (χ0) is 9.59. The van der Waals surface area contributed by atoms with Gasteiger partial charge >= 0.3 is 0 Å². The second-order valence-corrected chi connectivity index (χ2v) is 4.21. The normalized spacial score (nSPS) is 11.1. The van der Waals surface area contributed by atoms with Crippen molar-refractivity contribution in [1.82, 2.24) is 9.78 Å². The number of halogens is 1. The van der Waals surface area contributed by atoms with Gasteiger partial charge in [0.2, 0.25) is 0 Å². The van der Waals surface area contributed by atoms with E-state index in [2.05, 4.69) is 40.1 Å². The molecule has 0 N–H and O–H groups in total. The summed E-state index contributed by atoms with van der Waals surface area (Å²) in [5.41, 5.74) is 3.51. The molecular formula is C10H11BrN2. The fraction of sp³-hybridized carbons (Fsp3) is 0.300. The van der Waals surface area contributed by atoms with Crippen LogP contribution in [0.25, 0.3) is 10.9 Å². The molecule has 0 aliphatic rings. The summed E-state index contributed by atoms with van der Waals surface area (Å²) in [4.78, 5) is 0. The highest BCUT2D eigenvalue weighted by Gasteiger charge is 2.08. The molecule has 0 atom stereocenters. The summed E-state index contributed by atoms with van der Waals surface area (Å²) in [7, 11) is 1.97. The molecule has 0 amide bonds. The number of nitrogens with zero attached hydrogens (tertiary/aromatic N) is 2. The number of aryl methyl sites for hydroxylation is 3. The van der Waals surface area contributed by atoms with Gasteiger partial charge in [-0.3, -0.25) is 4.68 Å². The van der Waals surface area contributed by atoms with Crippen molar-refractivity contribution in [3.05, 3.63) is 27.9 Å². The van der Waals surface area contributed by atoms with Gasteiger partial charge in [-0.05, 0) is 47.5 Å². The van der Waals surface area contributed by atoms with Crippen LogP contribution in [0.3, 0.4) is 0 Å². The first-order chi connectivity index (χ1) is 6.09. The van der Waals surface area contributed by atoms with Crippen molar-refractivity contribution in [2.45, 2.75) is 13.8 Å². The maximum atomic E-state index is 4.38. The highest BCUT2D eigenvalue weighted by molar-refractivity contribution is 9.10. The lowest BCUT2D eigenvalue weighted by molar-refractivity contribution is 0.782. The Morgan fingerprint density at radius 1 is 1.31 bits per heavy atom. The molecule has 2 nitrogen and oxygen atoms in total. The Balaban J connectivity index is 2.97. The van der Waals surface area contributed by atoms with E-state index in [1.54, 1.807) is 0 Å². The van der Waals surface area contributed by atoms with E-state index in [1.165, 1.54) is 16.5 Å². The minimum atomic E-state index is 1.09. The molecule has 1 aromatic heterocycles. The monoisotopic (exact) mass is 238 g/mol. The molecule has 2 rings (SSSR count). The Labute approximate surface area is 85.7 Å². The zero-order valence-electron chi connectivity index (χ0n) is 7.93. The van der Waals surface area contributed by atoms with E-state index in [1.807, 2.05) is 18.7 Å². The van der Waals surface area contributed by atoms with Crippen molar-refractivity contribution in [2.75, 3.05) is 0 Å². The van der Waals surface area contributed by atoms with Crippen LogP contribution in [-0.4, -0.2) is 9.78 Å². The number of aromatic nitrogens is 2. The lowest BCUT2D eigenvalue weighted by Crippen LogP contribution is -1.90. The lowest BCUT2D eigenvalue weighted by Gasteiger charge is -1.99. The van der Waals surface area contributed by atoms with Gasteiger partial charge in [0.15, 0.2) is 0 Å². The van der Waals surface area contributed by atoms with E-state index < -0.39 is 0 Å². The Bertz CT molecular complexity index is 471. The van der Waals surface area contributed by atoms with E-state index in [9.17, 15) is 0 Å². The summed E-state index contributed by atoms with van der Waals surface area (Å²) in [5.74, 6) is 0. The summed E-state index contributed by atoms with van der Waals surface area (Å²) in [5, 5.41) is 5.61. The number of benzene rings is 1. The Hall–Kier alpha value is -0.830. The van der Waals surface area contributed by atoms with Gasteiger partial charge in [-0.1, -0.05) is 0 Å². The largest absolute Gasteiger partial charge is 0.267 e. The van der Waals surface area contributed by atoms with E-state index in [-0.39, 0.29) is 0 Å². The van der Waals surface area contributed by atoms with Gasteiger partial charge in [-0.25, -0.2) is 0 Å². The van der Waals surface area contributed by atoms with Gasteiger partial charge in [0, 0.05) is 16.9 Å². The van der Waals surface area contributed by atoms with Crippen LogP contribution in [0.2, 0.25) is 0 Å². The molecule has 1 heterocycles. The summed E-state index contributed by atoms with van der Waals surface area (Å²) in [6.07, 6.45) is 0. The van der Waals surface area contributed by atoms with Crippen molar-refractivity contribution < 1.29 is 0 Å². The number of fused-ring (bicyclic) bond motifs is 1. The van der Waals surface area contributed by atoms with Gasteiger partial charge in [-0.15, -0.1) is 0 Å². The molecule has 0 fully saturated rings.